The van der Waals surface area contributed by atoms with E-state index in [-0.39, 0.29) is 11.7 Å². The lowest BCUT2D eigenvalue weighted by Gasteiger charge is -2.16. The summed E-state index contributed by atoms with van der Waals surface area (Å²) in [5.41, 5.74) is 4.50. The van der Waals surface area contributed by atoms with Crippen LogP contribution in [-0.2, 0) is 11.3 Å². The van der Waals surface area contributed by atoms with E-state index >= 15 is 0 Å². The highest BCUT2D eigenvalue weighted by Crippen LogP contribution is 2.28. The second kappa shape index (κ2) is 5.96. The lowest BCUT2D eigenvalue weighted by molar-refractivity contribution is -0.118. The Hall–Kier alpha value is -1.16. The van der Waals surface area contributed by atoms with Crippen LogP contribution in [0.2, 0.25) is 0 Å². The molecule has 0 atom stereocenters. The number of ether oxygens (including phenoxy) is 1. The molecule has 0 aliphatic heterocycles. The standard InChI is InChI=1S/C13H19NO2S/c1-8-5-11(6-14-12(15)7-17)9(2)10(3)13(8)16-4/h5,17H,6-7H2,1-4H3,(H,14,15). The molecule has 0 aliphatic rings. The second-order valence-corrected chi connectivity index (χ2v) is 4.39. The molecule has 0 aromatic heterocycles. The summed E-state index contributed by atoms with van der Waals surface area (Å²) in [4.78, 5) is 11.2. The van der Waals surface area contributed by atoms with Gasteiger partial charge in [-0.15, -0.1) is 0 Å². The molecule has 0 saturated heterocycles. The molecule has 1 aromatic carbocycles. The van der Waals surface area contributed by atoms with Crippen molar-refractivity contribution < 1.29 is 9.53 Å². The predicted octanol–water partition coefficient (Wildman–Crippen LogP) is 2.17. The predicted molar refractivity (Wildman–Crippen MR) is 72.9 cm³/mol. The Morgan fingerprint density at radius 2 is 2.00 bits per heavy atom. The Kier molecular flexibility index (Phi) is 4.87. The molecule has 1 aromatic rings. The van der Waals surface area contributed by atoms with Crippen molar-refractivity contribution in [3.63, 3.8) is 0 Å². The van der Waals surface area contributed by atoms with Crippen molar-refractivity contribution >= 4 is 18.5 Å². The van der Waals surface area contributed by atoms with Crippen molar-refractivity contribution in [3.8, 4) is 5.75 Å². The minimum absolute atomic E-state index is 0.0566. The number of benzene rings is 1. The summed E-state index contributed by atoms with van der Waals surface area (Å²) in [5, 5.41) is 2.83. The maximum absolute atomic E-state index is 11.2. The summed E-state index contributed by atoms with van der Waals surface area (Å²) < 4.78 is 5.36. The van der Waals surface area contributed by atoms with Crippen molar-refractivity contribution in [2.45, 2.75) is 27.3 Å². The number of aryl methyl sites for hydroxylation is 1. The van der Waals surface area contributed by atoms with Gasteiger partial charge in [-0.1, -0.05) is 6.07 Å². The van der Waals surface area contributed by atoms with E-state index in [1.54, 1.807) is 7.11 Å². The highest BCUT2D eigenvalue weighted by Gasteiger charge is 2.10. The summed E-state index contributed by atoms with van der Waals surface area (Å²) in [5.74, 6) is 1.08. The van der Waals surface area contributed by atoms with E-state index in [2.05, 4.69) is 24.0 Å². The number of rotatable bonds is 4. The zero-order valence-corrected chi connectivity index (χ0v) is 11.6. The van der Waals surface area contributed by atoms with E-state index in [9.17, 15) is 4.79 Å². The summed E-state index contributed by atoms with van der Waals surface area (Å²) in [6, 6.07) is 2.06. The first-order valence-corrected chi connectivity index (χ1v) is 6.15. The van der Waals surface area contributed by atoms with Gasteiger partial charge in [-0.25, -0.2) is 0 Å². The number of amides is 1. The van der Waals surface area contributed by atoms with Gasteiger partial charge in [-0.2, -0.15) is 12.6 Å². The molecule has 4 heteroatoms. The molecule has 0 fully saturated rings. The topological polar surface area (TPSA) is 38.3 Å². The molecule has 1 N–H and O–H groups in total. The van der Waals surface area contributed by atoms with Crippen LogP contribution >= 0.6 is 12.6 Å². The van der Waals surface area contributed by atoms with Crippen molar-refractivity contribution in [3.05, 3.63) is 28.3 Å². The first-order chi connectivity index (χ1) is 8.01. The number of thiol groups is 1. The van der Waals surface area contributed by atoms with Gasteiger partial charge >= 0.3 is 0 Å². The number of carbonyl (C=O) groups is 1. The summed E-state index contributed by atoms with van der Waals surface area (Å²) in [6.45, 7) is 6.62. The fraction of sp³-hybridized carbons (Fsp3) is 0.462. The van der Waals surface area contributed by atoms with E-state index in [0.717, 1.165) is 28.0 Å². The quantitative estimate of drug-likeness (QED) is 0.807. The first kappa shape index (κ1) is 13.9. The zero-order chi connectivity index (χ0) is 13.0. The molecular weight excluding hydrogens is 234 g/mol. The van der Waals surface area contributed by atoms with E-state index < -0.39 is 0 Å². The van der Waals surface area contributed by atoms with Gasteiger partial charge in [0.2, 0.25) is 5.91 Å². The minimum Gasteiger partial charge on any atom is -0.496 e. The van der Waals surface area contributed by atoms with Crippen LogP contribution in [0.4, 0.5) is 0 Å². The molecule has 0 heterocycles. The van der Waals surface area contributed by atoms with Crippen LogP contribution < -0.4 is 10.1 Å². The fourth-order valence-corrected chi connectivity index (χ4v) is 2.00. The molecule has 94 valence electrons. The van der Waals surface area contributed by atoms with Crippen LogP contribution in [0.1, 0.15) is 22.3 Å². The lowest BCUT2D eigenvalue weighted by Crippen LogP contribution is -2.24. The highest BCUT2D eigenvalue weighted by atomic mass is 32.1. The monoisotopic (exact) mass is 253 g/mol. The van der Waals surface area contributed by atoms with Gasteiger partial charge < -0.3 is 10.1 Å². The third-order valence-corrected chi connectivity index (χ3v) is 3.24. The fourth-order valence-electron chi connectivity index (χ4n) is 1.89. The molecule has 3 nitrogen and oxygen atoms in total. The van der Waals surface area contributed by atoms with Gasteiger partial charge in [0.15, 0.2) is 0 Å². The van der Waals surface area contributed by atoms with Gasteiger partial charge in [0.1, 0.15) is 5.75 Å². The molecule has 0 aliphatic carbocycles. The Morgan fingerprint density at radius 1 is 1.35 bits per heavy atom. The average Bonchev–Trinajstić information content (AvgIpc) is 2.32. The highest BCUT2D eigenvalue weighted by molar-refractivity contribution is 7.81. The zero-order valence-electron chi connectivity index (χ0n) is 10.8. The van der Waals surface area contributed by atoms with Gasteiger partial charge in [-0.05, 0) is 43.0 Å². The third-order valence-electron chi connectivity index (χ3n) is 2.96. The number of carbonyl (C=O) groups excluding carboxylic acids is 1. The number of hydrogen-bond acceptors (Lipinski definition) is 3. The molecule has 0 radical (unpaired) electrons. The molecule has 0 saturated carbocycles. The number of hydrogen-bond donors (Lipinski definition) is 2. The molecule has 1 amide bonds. The van der Waals surface area contributed by atoms with Gasteiger partial charge in [0.05, 0.1) is 12.9 Å². The summed E-state index contributed by atoms with van der Waals surface area (Å²) >= 11 is 3.93. The van der Waals surface area contributed by atoms with E-state index in [1.807, 2.05) is 20.8 Å². The van der Waals surface area contributed by atoms with Crippen molar-refractivity contribution in [1.29, 1.82) is 0 Å². The molecule has 0 unspecified atom stereocenters. The summed E-state index contributed by atoms with van der Waals surface area (Å²) in [6.07, 6.45) is 0. The Bertz CT molecular complexity index is 430. The second-order valence-electron chi connectivity index (χ2n) is 4.07. The first-order valence-electron chi connectivity index (χ1n) is 5.52. The maximum atomic E-state index is 11.2. The van der Waals surface area contributed by atoms with Crippen LogP contribution in [0.3, 0.4) is 0 Å². The van der Waals surface area contributed by atoms with Crippen molar-refractivity contribution in [2.24, 2.45) is 0 Å². The molecule has 17 heavy (non-hydrogen) atoms. The molecule has 0 bridgehead atoms. The maximum Gasteiger partial charge on any atom is 0.229 e. The van der Waals surface area contributed by atoms with E-state index in [4.69, 9.17) is 4.74 Å². The van der Waals surface area contributed by atoms with Gasteiger partial charge in [0.25, 0.3) is 0 Å². The number of nitrogens with one attached hydrogen (secondary N) is 1. The Labute approximate surface area is 108 Å². The third kappa shape index (κ3) is 3.16. The van der Waals surface area contributed by atoms with Crippen LogP contribution in [0.25, 0.3) is 0 Å². The number of methoxy groups -OCH3 is 1. The van der Waals surface area contributed by atoms with Gasteiger partial charge in [0, 0.05) is 6.54 Å². The molecule has 1 rings (SSSR count). The van der Waals surface area contributed by atoms with Gasteiger partial charge in [-0.3, -0.25) is 4.79 Å². The smallest absolute Gasteiger partial charge is 0.229 e. The Balaban J connectivity index is 2.98. The lowest BCUT2D eigenvalue weighted by atomic mass is 9.98. The minimum atomic E-state index is -0.0566. The molecular formula is C13H19NO2S. The van der Waals surface area contributed by atoms with Crippen LogP contribution in [0.5, 0.6) is 5.75 Å². The summed E-state index contributed by atoms with van der Waals surface area (Å²) in [7, 11) is 1.68. The van der Waals surface area contributed by atoms with Crippen LogP contribution in [0, 0.1) is 20.8 Å². The molecule has 0 spiro atoms. The largest absolute Gasteiger partial charge is 0.496 e. The van der Waals surface area contributed by atoms with Crippen LogP contribution in [0.15, 0.2) is 6.07 Å². The van der Waals surface area contributed by atoms with E-state index in [0.29, 0.717) is 6.54 Å². The SMILES string of the molecule is COc1c(C)cc(CNC(=O)CS)c(C)c1C. The average molecular weight is 253 g/mol. The van der Waals surface area contributed by atoms with E-state index in [1.165, 1.54) is 0 Å². The normalized spacial score (nSPS) is 10.2. The van der Waals surface area contributed by atoms with Crippen LogP contribution in [-0.4, -0.2) is 18.8 Å². The van der Waals surface area contributed by atoms with Crippen molar-refractivity contribution in [2.75, 3.05) is 12.9 Å². The Morgan fingerprint density at radius 3 is 2.53 bits per heavy atom. The van der Waals surface area contributed by atoms with Crippen molar-refractivity contribution in [1.82, 2.24) is 5.32 Å².